The van der Waals surface area contributed by atoms with Crippen molar-refractivity contribution in [1.29, 1.82) is 0 Å². The van der Waals surface area contributed by atoms with Gasteiger partial charge in [-0.05, 0) is 46.6 Å². The molecule has 0 aromatic heterocycles. The van der Waals surface area contributed by atoms with Crippen LogP contribution in [-0.2, 0) is 23.7 Å². The van der Waals surface area contributed by atoms with Crippen LogP contribution in [0.1, 0.15) is 41.0 Å². The third kappa shape index (κ3) is 12.3. The molecule has 5 unspecified atom stereocenters. The van der Waals surface area contributed by atoms with Crippen LogP contribution >= 0.6 is 0 Å². The summed E-state index contributed by atoms with van der Waals surface area (Å²) in [6, 6.07) is 0.331. The average molecular weight is 403 g/mol. The van der Waals surface area contributed by atoms with Crippen molar-refractivity contribution < 1.29 is 23.7 Å². The molecule has 0 aromatic carbocycles. The van der Waals surface area contributed by atoms with Crippen LogP contribution in [-0.4, -0.2) is 89.2 Å². The Balaban J connectivity index is 1.42. The first-order chi connectivity index (χ1) is 13.3. The predicted molar refractivity (Wildman–Crippen MR) is 110 cm³/mol. The van der Waals surface area contributed by atoms with E-state index in [0.717, 1.165) is 45.9 Å². The summed E-state index contributed by atoms with van der Waals surface area (Å²) in [4.78, 5) is 0. The molecule has 2 saturated heterocycles. The first-order valence-corrected chi connectivity index (χ1v) is 10.8. The van der Waals surface area contributed by atoms with Gasteiger partial charge < -0.3 is 34.3 Å². The fraction of sp³-hybridized carbons (Fsp3) is 1.00. The van der Waals surface area contributed by atoms with Crippen molar-refractivity contribution in [1.82, 2.24) is 10.6 Å². The maximum Gasteiger partial charge on any atom is 0.0934 e. The molecule has 2 aliphatic heterocycles. The second-order valence-corrected chi connectivity index (χ2v) is 9.02. The summed E-state index contributed by atoms with van der Waals surface area (Å²) in [5.74, 6) is 0.480. The Bertz CT molecular complexity index is 416. The van der Waals surface area contributed by atoms with Gasteiger partial charge in [-0.2, -0.15) is 0 Å². The Labute approximate surface area is 171 Å². The van der Waals surface area contributed by atoms with Gasteiger partial charge in [-0.15, -0.1) is 0 Å². The summed E-state index contributed by atoms with van der Waals surface area (Å²) in [5, 5.41) is 6.84. The van der Waals surface area contributed by atoms with Gasteiger partial charge in [0.05, 0.1) is 56.9 Å². The smallest absolute Gasteiger partial charge is 0.0934 e. The Morgan fingerprint density at radius 3 is 2.36 bits per heavy atom. The zero-order valence-electron chi connectivity index (χ0n) is 18.5. The van der Waals surface area contributed by atoms with Gasteiger partial charge in [0.25, 0.3) is 0 Å². The first-order valence-electron chi connectivity index (χ1n) is 10.8. The van der Waals surface area contributed by atoms with Crippen LogP contribution in [0.3, 0.4) is 0 Å². The standard InChI is InChI=1S/C21H42N2O5/c1-16(8-22-9-19-14-26-19)11-28-21(4,5)6-7-25-18(3)13-24-12-17(2)23-10-20-15-27-20/h16-20,22-23H,6-15H2,1-5H3. The number of epoxide rings is 2. The van der Waals surface area contributed by atoms with Gasteiger partial charge in [-0.1, -0.05) is 6.92 Å². The van der Waals surface area contributed by atoms with Crippen molar-refractivity contribution in [3.63, 3.8) is 0 Å². The average Bonchev–Trinajstić information content (AvgIpc) is 3.53. The van der Waals surface area contributed by atoms with E-state index in [2.05, 4.69) is 45.3 Å². The normalized spacial score (nSPS) is 24.8. The van der Waals surface area contributed by atoms with Crippen LogP contribution in [0.4, 0.5) is 0 Å². The van der Waals surface area contributed by atoms with Gasteiger partial charge in [-0.3, -0.25) is 0 Å². The molecule has 166 valence electrons. The third-order valence-corrected chi connectivity index (χ3v) is 4.95. The lowest BCUT2D eigenvalue weighted by Crippen LogP contribution is -2.35. The van der Waals surface area contributed by atoms with E-state index >= 15 is 0 Å². The number of rotatable bonds is 18. The summed E-state index contributed by atoms with van der Waals surface area (Å²) in [5.41, 5.74) is -0.183. The molecule has 0 saturated carbocycles. The largest absolute Gasteiger partial charge is 0.377 e. The third-order valence-electron chi connectivity index (χ3n) is 4.95. The molecular formula is C21H42N2O5. The summed E-state index contributed by atoms with van der Waals surface area (Å²) in [7, 11) is 0. The number of hydrogen-bond donors (Lipinski definition) is 2. The van der Waals surface area contributed by atoms with Gasteiger partial charge in [0.2, 0.25) is 0 Å². The molecule has 7 heteroatoms. The lowest BCUT2D eigenvalue weighted by molar-refractivity contribution is -0.0692. The van der Waals surface area contributed by atoms with Gasteiger partial charge in [0, 0.05) is 25.7 Å². The molecular weight excluding hydrogens is 360 g/mol. The molecule has 0 aliphatic carbocycles. The minimum absolute atomic E-state index is 0.0857. The molecule has 2 N–H and O–H groups in total. The Hall–Kier alpha value is -0.280. The monoisotopic (exact) mass is 402 g/mol. The molecule has 0 bridgehead atoms. The van der Waals surface area contributed by atoms with E-state index in [1.807, 2.05) is 0 Å². The molecule has 28 heavy (non-hydrogen) atoms. The molecule has 2 fully saturated rings. The highest BCUT2D eigenvalue weighted by molar-refractivity contribution is 4.74. The second kappa shape index (κ2) is 12.4. The van der Waals surface area contributed by atoms with Crippen LogP contribution in [0.15, 0.2) is 0 Å². The van der Waals surface area contributed by atoms with E-state index in [-0.39, 0.29) is 11.7 Å². The minimum Gasteiger partial charge on any atom is -0.377 e. The number of ether oxygens (including phenoxy) is 5. The highest BCUT2D eigenvalue weighted by atomic mass is 16.6. The Morgan fingerprint density at radius 1 is 1.00 bits per heavy atom. The van der Waals surface area contributed by atoms with E-state index in [4.69, 9.17) is 23.7 Å². The summed E-state index contributed by atoms with van der Waals surface area (Å²) >= 11 is 0. The van der Waals surface area contributed by atoms with Crippen LogP contribution in [0.2, 0.25) is 0 Å². The molecule has 0 radical (unpaired) electrons. The lowest BCUT2D eigenvalue weighted by atomic mass is 10.1. The molecule has 5 atom stereocenters. The molecule has 0 spiro atoms. The fourth-order valence-electron chi connectivity index (χ4n) is 2.72. The summed E-state index contributed by atoms with van der Waals surface area (Å²) in [6.45, 7) is 18.0. The summed E-state index contributed by atoms with van der Waals surface area (Å²) in [6.07, 6.45) is 1.80. The van der Waals surface area contributed by atoms with Crippen LogP contribution in [0, 0.1) is 5.92 Å². The van der Waals surface area contributed by atoms with Crippen molar-refractivity contribution in [3.8, 4) is 0 Å². The highest BCUT2D eigenvalue weighted by Gasteiger charge is 2.23. The number of hydrogen-bond acceptors (Lipinski definition) is 7. The zero-order valence-corrected chi connectivity index (χ0v) is 18.5. The van der Waals surface area contributed by atoms with E-state index in [9.17, 15) is 0 Å². The van der Waals surface area contributed by atoms with E-state index in [1.165, 1.54) is 0 Å². The van der Waals surface area contributed by atoms with Gasteiger partial charge in [0.15, 0.2) is 0 Å². The van der Waals surface area contributed by atoms with E-state index < -0.39 is 0 Å². The molecule has 2 rings (SSSR count). The maximum absolute atomic E-state index is 6.11. The van der Waals surface area contributed by atoms with Crippen LogP contribution < -0.4 is 10.6 Å². The maximum atomic E-state index is 6.11. The van der Waals surface area contributed by atoms with Gasteiger partial charge in [0.1, 0.15) is 0 Å². The summed E-state index contributed by atoms with van der Waals surface area (Å²) < 4.78 is 28.2. The Kier molecular flexibility index (Phi) is 10.6. The second-order valence-electron chi connectivity index (χ2n) is 9.02. The molecule has 7 nitrogen and oxygen atoms in total. The molecule has 0 amide bonds. The molecule has 2 aliphatic rings. The van der Waals surface area contributed by atoms with Gasteiger partial charge in [-0.25, -0.2) is 0 Å². The highest BCUT2D eigenvalue weighted by Crippen LogP contribution is 2.16. The molecule has 2 heterocycles. The van der Waals surface area contributed by atoms with Crippen molar-refractivity contribution in [2.75, 3.05) is 59.3 Å². The quantitative estimate of drug-likeness (QED) is 0.337. The SMILES string of the molecule is CC(CNCC1CO1)COC(C)(C)CCOC(C)COCC(C)NCC1CO1. The van der Waals surface area contributed by atoms with E-state index in [0.29, 0.717) is 44.0 Å². The number of nitrogens with one attached hydrogen (secondary N) is 2. The minimum atomic E-state index is -0.183. The van der Waals surface area contributed by atoms with E-state index in [1.54, 1.807) is 0 Å². The fourth-order valence-corrected chi connectivity index (χ4v) is 2.72. The van der Waals surface area contributed by atoms with Crippen LogP contribution in [0.5, 0.6) is 0 Å². The van der Waals surface area contributed by atoms with Crippen molar-refractivity contribution >= 4 is 0 Å². The zero-order chi connectivity index (χ0) is 20.4. The Morgan fingerprint density at radius 2 is 1.68 bits per heavy atom. The molecule has 0 aromatic rings. The first kappa shape index (κ1) is 24.0. The van der Waals surface area contributed by atoms with Gasteiger partial charge >= 0.3 is 0 Å². The van der Waals surface area contributed by atoms with Crippen molar-refractivity contribution in [2.24, 2.45) is 5.92 Å². The van der Waals surface area contributed by atoms with Crippen molar-refractivity contribution in [3.05, 3.63) is 0 Å². The predicted octanol–water partition coefficient (Wildman–Crippen LogP) is 1.59. The topological polar surface area (TPSA) is 76.8 Å². The van der Waals surface area contributed by atoms with Crippen LogP contribution in [0.25, 0.3) is 0 Å². The lowest BCUT2D eigenvalue weighted by Gasteiger charge is -2.28. The van der Waals surface area contributed by atoms with Crippen molar-refractivity contribution in [2.45, 2.75) is 71.0 Å².